The Hall–Kier alpha value is -6.72. The van der Waals surface area contributed by atoms with E-state index in [1.807, 2.05) is 35.1 Å². The van der Waals surface area contributed by atoms with Crippen LogP contribution in [0.2, 0.25) is 0 Å². The first-order valence-electron chi connectivity index (χ1n) is 18.9. The summed E-state index contributed by atoms with van der Waals surface area (Å²) >= 11 is 3.79. The Morgan fingerprint density at radius 1 is 0.268 bits per heavy atom. The molecule has 3 heterocycles. The van der Waals surface area contributed by atoms with E-state index in [9.17, 15) is 0 Å². The Bertz CT molecular complexity index is 3290. The maximum absolute atomic E-state index is 4.90. The molecule has 0 aliphatic rings. The maximum atomic E-state index is 4.90. The van der Waals surface area contributed by atoms with Gasteiger partial charge in [-0.2, -0.15) is 0 Å². The molecule has 260 valence electrons. The highest BCUT2D eigenvalue weighted by Gasteiger charge is 2.18. The summed E-state index contributed by atoms with van der Waals surface area (Å²) in [5.41, 5.74) is 11.8. The minimum atomic E-state index is 0.932. The number of aromatic nitrogens is 2. The van der Waals surface area contributed by atoms with Gasteiger partial charge in [-0.05, 0) is 67.4 Å². The third kappa shape index (κ3) is 4.73. The molecule has 0 spiro atoms. The molecule has 0 saturated heterocycles. The minimum Gasteiger partial charge on any atom is -0.252 e. The van der Waals surface area contributed by atoms with Crippen molar-refractivity contribution in [3.05, 3.63) is 182 Å². The van der Waals surface area contributed by atoms with Crippen molar-refractivity contribution in [1.29, 1.82) is 0 Å². The number of fused-ring (bicyclic) bond motifs is 12. The summed E-state index contributed by atoms with van der Waals surface area (Å²) in [7, 11) is 0. The second-order valence-corrected chi connectivity index (χ2v) is 16.5. The molecule has 12 rings (SSSR count). The van der Waals surface area contributed by atoms with Crippen LogP contribution in [-0.2, 0) is 0 Å². The molecule has 12 aromatic rings. The molecule has 0 atom stereocenters. The number of hydrogen-bond acceptors (Lipinski definition) is 4. The van der Waals surface area contributed by atoms with Crippen molar-refractivity contribution < 1.29 is 0 Å². The van der Waals surface area contributed by atoms with Gasteiger partial charge in [-0.3, -0.25) is 9.97 Å². The van der Waals surface area contributed by atoms with Crippen molar-refractivity contribution >= 4 is 95.6 Å². The Balaban J connectivity index is 1.09. The maximum Gasteiger partial charge on any atom is 0.0971 e. The molecule has 4 heteroatoms. The molecule has 0 fully saturated rings. The first-order chi connectivity index (χ1) is 27.8. The fraction of sp³-hybridized carbons (Fsp3) is 0. The average Bonchev–Trinajstić information content (AvgIpc) is 3.86. The van der Waals surface area contributed by atoms with Crippen LogP contribution in [0.4, 0.5) is 0 Å². The zero-order chi connectivity index (χ0) is 36.7. The molecule has 3 aromatic heterocycles. The number of rotatable bonds is 4. The molecule has 0 amide bonds. The molecule has 0 unspecified atom stereocenters. The zero-order valence-electron chi connectivity index (χ0n) is 30.0. The Morgan fingerprint density at radius 2 is 0.625 bits per heavy atom. The first-order valence-corrected chi connectivity index (χ1v) is 20.5. The normalized spacial score (nSPS) is 11.9. The van der Waals surface area contributed by atoms with Gasteiger partial charge in [0.05, 0.1) is 11.0 Å². The monoisotopic (exact) mass is 746 g/mol. The zero-order valence-corrected chi connectivity index (χ0v) is 31.7. The van der Waals surface area contributed by atoms with E-state index >= 15 is 0 Å². The minimum absolute atomic E-state index is 0.932. The van der Waals surface area contributed by atoms with Gasteiger partial charge < -0.3 is 0 Å². The quantitative estimate of drug-likeness (QED) is 0.168. The average molecular weight is 747 g/mol. The van der Waals surface area contributed by atoms with Gasteiger partial charge in [-0.1, -0.05) is 158 Å². The van der Waals surface area contributed by atoms with Gasteiger partial charge in [0.2, 0.25) is 0 Å². The second-order valence-electron chi connectivity index (χ2n) is 14.4. The molecule has 0 bridgehead atoms. The molecule has 0 N–H and O–H groups in total. The van der Waals surface area contributed by atoms with E-state index in [2.05, 4.69) is 170 Å². The standard InChI is InChI=1S/C52H30N2S2/c1-3-11-31(12-4-1)35-15-7-19-41-43-21-9-17-37(51(43)55-49(35)41)33-23-25-39-45(29-33)46-30-34(24-26-40(46)48-47(39)53-27-28-54-48)38-18-10-22-44-42-20-8-16-36(50(42)56-52(38)44)32-13-5-2-6-14-32/h1-30H. The van der Waals surface area contributed by atoms with Crippen LogP contribution in [0.3, 0.4) is 0 Å². The lowest BCUT2D eigenvalue weighted by atomic mass is 9.92. The van der Waals surface area contributed by atoms with Gasteiger partial charge in [0, 0.05) is 63.5 Å². The van der Waals surface area contributed by atoms with Crippen LogP contribution < -0.4 is 0 Å². The van der Waals surface area contributed by atoms with Crippen molar-refractivity contribution in [2.24, 2.45) is 0 Å². The molecule has 56 heavy (non-hydrogen) atoms. The SMILES string of the molecule is c1ccc(-c2cccc3c2sc2c(-c4ccc5c(c4)c4cc(-c6cccc7c6sc6c(-c8ccccc8)cccc67)ccc4c4nccnc54)cccc23)cc1. The number of thiophene rings is 2. The van der Waals surface area contributed by atoms with E-state index in [1.54, 1.807) is 0 Å². The largest absolute Gasteiger partial charge is 0.252 e. The summed E-state index contributed by atoms with van der Waals surface area (Å²) in [5, 5.41) is 9.80. The summed E-state index contributed by atoms with van der Waals surface area (Å²) in [5.74, 6) is 0. The fourth-order valence-corrected chi connectivity index (χ4v) is 11.5. The molecule has 9 aromatic carbocycles. The molecule has 0 radical (unpaired) electrons. The second kappa shape index (κ2) is 12.4. The van der Waals surface area contributed by atoms with Gasteiger partial charge in [0.25, 0.3) is 0 Å². The number of nitrogens with zero attached hydrogens (tertiary/aromatic N) is 2. The summed E-state index contributed by atoms with van der Waals surface area (Å²) in [6, 6.07) is 62.3. The topological polar surface area (TPSA) is 25.8 Å². The van der Waals surface area contributed by atoms with Crippen LogP contribution in [-0.4, -0.2) is 9.97 Å². The van der Waals surface area contributed by atoms with Gasteiger partial charge in [-0.25, -0.2) is 0 Å². The Morgan fingerprint density at radius 3 is 1.00 bits per heavy atom. The highest BCUT2D eigenvalue weighted by Crippen LogP contribution is 2.47. The van der Waals surface area contributed by atoms with Gasteiger partial charge in [-0.15, -0.1) is 22.7 Å². The van der Waals surface area contributed by atoms with Crippen LogP contribution in [0.25, 0.3) is 117 Å². The highest BCUT2D eigenvalue weighted by molar-refractivity contribution is 7.27. The Labute approximate surface area is 330 Å². The van der Waals surface area contributed by atoms with Crippen LogP contribution in [0, 0.1) is 0 Å². The molecule has 0 aliphatic carbocycles. The lowest BCUT2D eigenvalue weighted by Crippen LogP contribution is -1.90. The highest BCUT2D eigenvalue weighted by atomic mass is 32.1. The third-order valence-electron chi connectivity index (χ3n) is 11.4. The predicted molar refractivity (Wildman–Crippen MR) is 242 cm³/mol. The van der Waals surface area contributed by atoms with E-state index in [1.165, 1.54) is 95.6 Å². The van der Waals surface area contributed by atoms with E-state index in [4.69, 9.17) is 9.97 Å². The van der Waals surface area contributed by atoms with E-state index < -0.39 is 0 Å². The molecular weight excluding hydrogens is 717 g/mol. The smallest absolute Gasteiger partial charge is 0.0971 e. The fourth-order valence-electron chi connectivity index (χ4n) is 8.80. The molecule has 2 nitrogen and oxygen atoms in total. The molecular formula is C52H30N2S2. The number of benzene rings is 9. The van der Waals surface area contributed by atoms with Crippen LogP contribution in [0.5, 0.6) is 0 Å². The summed E-state index contributed by atoms with van der Waals surface area (Å²) in [6.07, 6.45) is 3.62. The first kappa shape index (κ1) is 31.6. The Kier molecular flexibility index (Phi) is 7.00. The van der Waals surface area contributed by atoms with Gasteiger partial charge >= 0.3 is 0 Å². The van der Waals surface area contributed by atoms with Crippen LogP contribution >= 0.6 is 22.7 Å². The molecule has 0 saturated carbocycles. The van der Waals surface area contributed by atoms with Crippen molar-refractivity contribution in [2.75, 3.05) is 0 Å². The van der Waals surface area contributed by atoms with Crippen LogP contribution in [0.1, 0.15) is 0 Å². The van der Waals surface area contributed by atoms with Crippen molar-refractivity contribution in [3.8, 4) is 44.5 Å². The summed E-state index contributed by atoms with van der Waals surface area (Å²) in [4.78, 5) is 9.80. The summed E-state index contributed by atoms with van der Waals surface area (Å²) in [6.45, 7) is 0. The van der Waals surface area contributed by atoms with E-state index in [0.717, 1.165) is 21.8 Å². The van der Waals surface area contributed by atoms with Gasteiger partial charge in [0.15, 0.2) is 0 Å². The molecule has 0 aliphatic heterocycles. The van der Waals surface area contributed by atoms with Gasteiger partial charge in [0.1, 0.15) is 0 Å². The van der Waals surface area contributed by atoms with Crippen molar-refractivity contribution in [3.63, 3.8) is 0 Å². The van der Waals surface area contributed by atoms with E-state index in [-0.39, 0.29) is 0 Å². The predicted octanol–water partition coefficient (Wildman–Crippen LogP) is 15.3. The van der Waals surface area contributed by atoms with E-state index in [0.29, 0.717) is 0 Å². The third-order valence-corrected chi connectivity index (χ3v) is 14.0. The lowest BCUT2D eigenvalue weighted by molar-refractivity contribution is 1.31. The number of hydrogen-bond donors (Lipinski definition) is 0. The summed E-state index contributed by atoms with van der Waals surface area (Å²) < 4.78 is 5.26. The van der Waals surface area contributed by atoms with Crippen molar-refractivity contribution in [1.82, 2.24) is 9.97 Å². The lowest BCUT2D eigenvalue weighted by Gasteiger charge is -2.13. The van der Waals surface area contributed by atoms with Crippen LogP contribution in [0.15, 0.2) is 182 Å². The van der Waals surface area contributed by atoms with Crippen molar-refractivity contribution in [2.45, 2.75) is 0 Å².